The maximum absolute atomic E-state index is 12.8. The zero-order chi connectivity index (χ0) is 18.3. The number of imidazole rings is 1. The number of hydrogen-bond acceptors (Lipinski definition) is 2. The van der Waals surface area contributed by atoms with Crippen molar-refractivity contribution in [3.8, 4) is 0 Å². The molecule has 5 nitrogen and oxygen atoms in total. The van der Waals surface area contributed by atoms with Crippen molar-refractivity contribution in [2.75, 3.05) is 0 Å². The third-order valence-corrected chi connectivity index (χ3v) is 5.43. The van der Waals surface area contributed by atoms with Crippen LogP contribution in [-0.2, 0) is 18.4 Å². The van der Waals surface area contributed by atoms with Crippen LogP contribution in [0.5, 0.6) is 0 Å². The van der Waals surface area contributed by atoms with Crippen molar-refractivity contribution in [3.05, 3.63) is 70.6 Å². The van der Waals surface area contributed by atoms with Crippen LogP contribution in [-0.4, -0.2) is 15.0 Å². The summed E-state index contributed by atoms with van der Waals surface area (Å²) in [6, 6.07) is 17.6. The number of hydrogen-bond donors (Lipinski definition) is 1. The third kappa shape index (κ3) is 2.94. The summed E-state index contributed by atoms with van der Waals surface area (Å²) < 4.78 is 3.13. The highest BCUT2D eigenvalue weighted by Crippen LogP contribution is 2.46. The molecule has 134 valence electrons. The molecule has 0 saturated heterocycles. The number of fused-ring (bicyclic) bond motifs is 1. The number of rotatable bonds is 5. The van der Waals surface area contributed by atoms with Crippen LogP contribution < -0.4 is 11.0 Å². The normalized spacial score (nSPS) is 20.1. The first-order valence-electron chi connectivity index (χ1n) is 9.05. The van der Waals surface area contributed by atoms with Gasteiger partial charge in [-0.3, -0.25) is 13.9 Å². The van der Waals surface area contributed by atoms with E-state index in [4.69, 9.17) is 0 Å². The van der Waals surface area contributed by atoms with Crippen molar-refractivity contribution >= 4 is 16.9 Å². The lowest BCUT2D eigenvalue weighted by Crippen LogP contribution is -2.36. The number of para-hydroxylation sites is 2. The zero-order valence-electron chi connectivity index (χ0n) is 15.1. The molecule has 0 aliphatic heterocycles. The lowest BCUT2D eigenvalue weighted by Gasteiger charge is -2.19. The molecule has 1 heterocycles. The van der Waals surface area contributed by atoms with Gasteiger partial charge in [-0.25, -0.2) is 4.79 Å². The molecule has 3 unspecified atom stereocenters. The highest BCUT2D eigenvalue weighted by Gasteiger charge is 2.40. The van der Waals surface area contributed by atoms with Crippen molar-refractivity contribution in [1.82, 2.24) is 14.5 Å². The van der Waals surface area contributed by atoms with E-state index < -0.39 is 0 Å². The van der Waals surface area contributed by atoms with Crippen LogP contribution >= 0.6 is 0 Å². The second-order valence-corrected chi connectivity index (χ2v) is 7.25. The van der Waals surface area contributed by atoms with Crippen LogP contribution in [0, 0.1) is 11.8 Å². The molecule has 26 heavy (non-hydrogen) atoms. The Morgan fingerprint density at radius 2 is 1.73 bits per heavy atom. The van der Waals surface area contributed by atoms with Crippen LogP contribution in [0.4, 0.5) is 0 Å². The van der Waals surface area contributed by atoms with Gasteiger partial charge in [0.2, 0.25) is 5.91 Å². The summed E-state index contributed by atoms with van der Waals surface area (Å²) in [5.41, 5.74) is 2.57. The highest BCUT2D eigenvalue weighted by molar-refractivity contribution is 5.81. The van der Waals surface area contributed by atoms with Crippen molar-refractivity contribution < 1.29 is 4.79 Å². The van der Waals surface area contributed by atoms with E-state index in [2.05, 4.69) is 24.4 Å². The molecule has 3 aromatic rings. The largest absolute Gasteiger partial charge is 0.347 e. The van der Waals surface area contributed by atoms with Crippen LogP contribution in [0.3, 0.4) is 0 Å². The van der Waals surface area contributed by atoms with E-state index >= 15 is 0 Å². The van der Waals surface area contributed by atoms with Gasteiger partial charge in [0.25, 0.3) is 0 Å². The molecular formula is C21H23N3O2. The Morgan fingerprint density at radius 3 is 2.38 bits per heavy atom. The Hall–Kier alpha value is -2.82. The molecule has 1 N–H and O–H groups in total. The number of nitrogens with zero attached hydrogens (tertiary/aromatic N) is 2. The van der Waals surface area contributed by atoms with Gasteiger partial charge in [-0.05, 0) is 36.0 Å². The van der Waals surface area contributed by atoms with Crippen LogP contribution in [0.1, 0.15) is 24.9 Å². The molecule has 1 fully saturated rings. The lowest BCUT2D eigenvalue weighted by molar-refractivity contribution is -0.122. The minimum absolute atomic E-state index is 0.00405. The van der Waals surface area contributed by atoms with Crippen molar-refractivity contribution in [3.63, 3.8) is 0 Å². The molecule has 1 amide bonds. The van der Waals surface area contributed by atoms with E-state index in [0.717, 1.165) is 23.0 Å². The monoisotopic (exact) mass is 349 g/mol. The van der Waals surface area contributed by atoms with Gasteiger partial charge >= 0.3 is 5.69 Å². The molecule has 1 aliphatic carbocycles. The maximum atomic E-state index is 12.8. The minimum Gasteiger partial charge on any atom is -0.347 e. The Morgan fingerprint density at radius 1 is 1.12 bits per heavy atom. The van der Waals surface area contributed by atoms with Gasteiger partial charge in [0.05, 0.1) is 17.1 Å². The predicted octanol–water partition coefficient (Wildman–Crippen LogP) is 2.85. The molecule has 0 radical (unpaired) electrons. The van der Waals surface area contributed by atoms with Crippen LogP contribution in [0.15, 0.2) is 59.4 Å². The maximum Gasteiger partial charge on any atom is 0.329 e. The summed E-state index contributed by atoms with van der Waals surface area (Å²) in [4.78, 5) is 25.3. The summed E-state index contributed by atoms with van der Waals surface area (Å²) in [6.07, 6.45) is 1.12. The first kappa shape index (κ1) is 16.6. The number of benzene rings is 2. The van der Waals surface area contributed by atoms with Gasteiger partial charge in [0, 0.05) is 7.05 Å². The molecule has 2 aromatic carbocycles. The SMILES string of the molecule is CC1CC1C(NC(=O)Cn1c(=O)n(C)c2ccccc21)c1ccccc1. The van der Waals surface area contributed by atoms with E-state index in [9.17, 15) is 9.59 Å². The predicted molar refractivity (Wildman–Crippen MR) is 102 cm³/mol. The van der Waals surface area contributed by atoms with Crippen molar-refractivity contribution in [2.45, 2.75) is 25.9 Å². The van der Waals surface area contributed by atoms with E-state index in [0.29, 0.717) is 11.8 Å². The second kappa shape index (κ2) is 6.48. The first-order chi connectivity index (χ1) is 12.6. The van der Waals surface area contributed by atoms with Gasteiger partial charge in [0.1, 0.15) is 6.54 Å². The topological polar surface area (TPSA) is 56.0 Å². The van der Waals surface area contributed by atoms with Crippen molar-refractivity contribution in [2.24, 2.45) is 18.9 Å². The number of aryl methyl sites for hydroxylation is 1. The Balaban J connectivity index is 1.59. The fourth-order valence-electron chi connectivity index (χ4n) is 3.79. The molecule has 0 spiro atoms. The number of amides is 1. The van der Waals surface area contributed by atoms with E-state index in [1.54, 1.807) is 16.2 Å². The van der Waals surface area contributed by atoms with E-state index in [1.807, 2.05) is 42.5 Å². The summed E-state index contributed by atoms with van der Waals surface area (Å²) in [6.45, 7) is 2.24. The molecule has 3 atom stereocenters. The smallest absolute Gasteiger partial charge is 0.329 e. The lowest BCUT2D eigenvalue weighted by atomic mass is 10.0. The van der Waals surface area contributed by atoms with Gasteiger partial charge in [0.15, 0.2) is 0 Å². The first-order valence-corrected chi connectivity index (χ1v) is 9.05. The minimum atomic E-state index is -0.169. The highest BCUT2D eigenvalue weighted by atomic mass is 16.2. The van der Waals surface area contributed by atoms with E-state index in [-0.39, 0.29) is 24.2 Å². The zero-order valence-corrected chi connectivity index (χ0v) is 15.1. The second-order valence-electron chi connectivity index (χ2n) is 7.25. The average Bonchev–Trinajstić information content (AvgIpc) is 3.34. The van der Waals surface area contributed by atoms with E-state index in [1.165, 1.54) is 0 Å². The Labute approximate surface area is 152 Å². The van der Waals surface area contributed by atoms with Gasteiger partial charge in [-0.1, -0.05) is 49.4 Å². The van der Waals surface area contributed by atoms with Crippen molar-refractivity contribution in [1.29, 1.82) is 0 Å². The molecular weight excluding hydrogens is 326 g/mol. The van der Waals surface area contributed by atoms with Gasteiger partial charge < -0.3 is 5.32 Å². The number of carbonyl (C=O) groups excluding carboxylic acids is 1. The molecule has 5 heteroatoms. The number of aromatic nitrogens is 2. The van der Waals surface area contributed by atoms with Crippen LogP contribution in [0.25, 0.3) is 11.0 Å². The number of carbonyl (C=O) groups is 1. The van der Waals surface area contributed by atoms with Crippen LogP contribution in [0.2, 0.25) is 0 Å². The molecule has 1 saturated carbocycles. The third-order valence-electron chi connectivity index (χ3n) is 5.43. The Bertz CT molecular complexity index is 1000. The number of nitrogens with one attached hydrogen (secondary N) is 1. The molecule has 1 aliphatic rings. The standard InChI is InChI=1S/C21H23N3O2/c1-14-12-16(14)20(15-8-4-3-5-9-15)22-19(25)13-24-18-11-7-6-10-17(18)23(2)21(24)26/h3-11,14,16,20H,12-13H2,1-2H3,(H,22,25). The summed E-state index contributed by atoms with van der Waals surface area (Å²) in [5, 5.41) is 3.17. The quantitative estimate of drug-likeness (QED) is 0.770. The summed E-state index contributed by atoms with van der Waals surface area (Å²) in [5.74, 6) is 0.947. The molecule has 4 rings (SSSR count). The van der Waals surface area contributed by atoms with Gasteiger partial charge in [-0.15, -0.1) is 0 Å². The summed E-state index contributed by atoms with van der Waals surface area (Å²) in [7, 11) is 1.73. The van der Waals surface area contributed by atoms with Gasteiger partial charge in [-0.2, -0.15) is 0 Å². The average molecular weight is 349 g/mol. The molecule has 0 bridgehead atoms. The summed E-state index contributed by atoms with van der Waals surface area (Å²) >= 11 is 0. The molecule has 1 aromatic heterocycles. The fourth-order valence-corrected chi connectivity index (χ4v) is 3.79. The fraction of sp³-hybridized carbons (Fsp3) is 0.333. The Kier molecular flexibility index (Phi) is 4.15.